The largest absolute Gasteiger partial charge is 0.408 e. The third-order valence-corrected chi connectivity index (χ3v) is 1.47. The Bertz CT molecular complexity index is 321. The van der Waals surface area contributed by atoms with Crippen molar-refractivity contribution in [1.29, 1.82) is 0 Å². The number of benzene rings is 1. The molecule has 0 amide bonds. The van der Waals surface area contributed by atoms with Crippen LogP contribution in [-0.2, 0) is 0 Å². The number of nitrogens with zero attached hydrogens (tertiary/aromatic N) is 1. The summed E-state index contributed by atoms with van der Waals surface area (Å²) in [6.07, 6.45) is 1.64. The molecule has 0 radical (unpaired) electrons. The molecule has 0 aliphatic heterocycles. The quantitative estimate of drug-likeness (QED) is 0.335. The average molecular weight is 194 g/mol. The minimum Gasteiger partial charge on any atom is -0.408 e. The van der Waals surface area contributed by atoms with Crippen LogP contribution in [0.2, 0.25) is 0 Å². The molecule has 5 heteroatoms. The van der Waals surface area contributed by atoms with Gasteiger partial charge in [0, 0.05) is 18.7 Å². The van der Waals surface area contributed by atoms with Crippen molar-refractivity contribution < 1.29 is 9.76 Å². The van der Waals surface area contributed by atoms with E-state index in [4.69, 9.17) is 4.84 Å². The molecule has 0 aromatic heterocycles. The van der Waals surface area contributed by atoms with Gasteiger partial charge in [0.15, 0.2) is 0 Å². The zero-order chi connectivity index (χ0) is 10.4. The Morgan fingerprint density at radius 2 is 2.14 bits per heavy atom. The molecule has 0 atom stereocenters. The van der Waals surface area contributed by atoms with Crippen molar-refractivity contribution in [3.05, 3.63) is 47.0 Å². The first-order valence-electron chi connectivity index (χ1n) is 3.99. The molecule has 74 valence electrons. The Kier molecular flexibility index (Phi) is 3.63. The topological polar surface area (TPSA) is 64.4 Å². The van der Waals surface area contributed by atoms with Crippen molar-refractivity contribution in [3.63, 3.8) is 0 Å². The molecule has 0 aliphatic rings. The van der Waals surface area contributed by atoms with Gasteiger partial charge >= 0.3 is 0 Å². The number of rotatable bonds is 5. The summed E-state index contributed by atoms with van der Waals surface area (Å²) < 4.78 is 0. The fourth-order valence-electron chi connectivity index (χ4n) is 0.820. The Labute approximate surface area is 81.1 Å². The van der Waals surface area contributed by atoms with Crippen LogP contribution in [0, 0.1) is 10.1 Å². The maximum absolute atomic E-state index is 10.3. The fraction of sp³-hybridized carbons (Fsp3) is 0.111. The van der Waals surface area contributed by atoms with E-state index < -0.39 is 4.92 Å². The molecule has 0 unspecified atom stereocenters. The summed E-state index contributed by atoms with van der Waals surface area (Å²) in [5.41, 5.74) is 2.65. The van der Waals surface area contributed by atoms with Gasteiger partial charge in [0.25, 0.3) is 5.69 Å². The van der Waals surface area contributed by atoms with Crippen LogP contribution in [0.3, 0.4) is 0 Å². The highest BCUT2D eigenvalue weighted by Gasteiger charge is 2.03. The number of hydrogen-bond acceptors (Lipinski definition) is 4. The fourth-order valence-corrected chi connectivity index (χ4v) is 0.820. The van der Waals surface area contributed by atoms with Crippen LogP contribution in [0.5, 0.6) is 5.75 Å². The number of nitro groups is 1. The number of hydrogen-bond donors (Lipinski definition) is 1. The molecule has 1 N–H and O–H groups in total. The van der Waals surface area contributed by atoms with Crippen molar-refractivity contribution in [2.45, 2.75) is 0 Å². The summed E-state index contributed by atoms with van der Waals surface area (Å²) in [5, 5.41) is 10.3. The Morgan fingerprint density at radius 3 is 2.64 bits per heavy atom. The van der Waals surface area contributed by atoms with Crippen LogP contribution < -0.4 is 10.3 Å². The molecule has 1 aromatic carbocycles. The van der Waals surface area contributed by atoms with Crippen LogP contribution in [0.4, 0.5) is 5.69 Å². The van der Waals surface area contributed by atoms with E-state index in [1.807, 2.05) is 0 Å². The first kappa shape index (κ1) is 10.2. The van der Waals surface area contributed by atoms with Gasteiger partial charge in [-0.3, -0.25) is 10.1 Å². The number of non-ortho nitro benzene ring substituents is 1. The summed E-state index contributed by atoms with van der Waals surface area (Å²) >= 11 is 0. The second kappa shape index (κ2) is 4.98. The summed E-state index contributed by atoms with van der Waals surface area (Å²) in [5.74, 6) is 0.525. The zero-order valence-electron chi connectivity index (χ0n) is 7.47. The zero-order valence-corrected chi connectivity index (χ0v) is 7.47. The lowest BCUT2D eigenvalue weighted by Crippen LogP contribution is -2.17. The second-order valence-corrected chi connectivity index (χ2v) is 2.49. The van der Waals surface area contributed by atoms with Gasteiger partial charge in [-0.25, -0.2) is 0 Å². The summed E-state index contributed by atoms with van der Waals surface area (Å²) in [4.78, 5) is 14.9. The minimum absolute atomic E-state index is 0.0427. The van der Waals surface area contributed by atoms with E-state index in [9.17, 15) is 10.1 Å². The lowest BCUT2D eigenvalue weighted by atomic mass is 10.3. The van der Waals surface area contributed by atoms with Gasteiger partial charge in [-0.05, 0) is 12.1 Å². The summed E-state index contributed by atoms with van der Waals surface area (Å²) in [6.45, 7) is 4.01. The monoisotopic (exact) mass is 194 g/mol. The van der Waals surface area contributed by atoms with Crippen LogP contribution in [-0.4, -0.2) is 11.5 Å². The van der Waals surface area contributed by atoms with Crippen molar-refractivity contribution in [2.75, 3.05) is 6.54 Å². The Morgan fingerprint density at radius 1 is 1.50 bits per heavy atom. The first-order chi connectivity index (χ1) is 6.74. The molecule has 5 nitrogen and oxygen atoms in total. The molecule has 1 rings (SSSR count). The summed E-state index contributed by atoms with van der Waals surface area (Å²) in [7, 11) is 0. The Balaban J connectivity index is 2.55. The molecule has 0 saturated heterocycles. The molecule has 0 heterocycles. The predicted octanol–water partition coefficient (Wildman–Crippen LogP) is 1.66. The van der Waals surface area contributed by atoms with E-state index in [0.29, 0.717) is 12.3 Å². The number of nitrogens with one attached hydrogen (secondary N) is 1. The van der Waals surface area contributed by atoms with Gasteiger partial charge < -0.3 is 4.84 Å². The summed E-state index contributed by atoms with van der Waals surface area (Å²) in [6, 6.07) is 5.80. The van der Waals surface area contributed by atoms with Crippen LogP contribution in [0.25, 0.3) is 0 Å². The molecule has 0 spiro atoms. The second-order valence-electron chi connectivity index (χ2n) is 2.49. The molecule has 1 aromatic rings. The molecule has 0 fully saturated rings. The van der Waals surface area contributed by atoms with E-state index in [1.54, 1.807) is 6.08 Å². The van der Waals surface area contributed by atoms with Gasteiger partial charge in [-0.15, -0.1) is 6.58 Å². The van der Waals surface area contributed by atoms with E-state index in [-0.39, 0.29) is 5.69 Å². The first-order valence-corrected chi connectivity index (χ1v) is 3.99. The molecular formula is C9H10N2O3. The van der Waals surface area contributed by atoms with Gasteiger partial charge in [-0.2, -0.15) is 5.48 Å². The molecule has 0 saturated carbocycles. The minimum atomic E-state index is -0.457. The van der Waals surface area contributed by atoms with Crippen molar-refractivity contribution in [3.8, 4) is 5.75 Å². The van der Waals surface area contributed by atoms with Gasteiger partial charge in [0.05, 0.1) is 4.92 Å². The van der Waals surface area contributed by atoms with E-state index >= 15 is 0 Å². The standard InChI is InChI=1S/C9H10N2O3/c1-2-7-10-14-9-5-3-8(4-6-9)11(12)13/h2-6,10H,1,7H2. The molecule has 0 aliphatic carbocycles. The molecule has 0 bridgehead atoms. The highest BCUT2D eigenvalue weighted by atomic mass is 16.6. The highest BCUT2D eigenvalue weighted by Crippen LogP contribution is 2.16. The maximum atomic E-state index is 10.3. The smallest absolute Gasteiger partial charge is 0.269 e. The third kappa shape index (κ3) is 2.87. The Hall–Kier alpha value is -1.88. The normalized spacial score (nSPS) is 9.43. The predicted molar refractivity (Wildman–Crippen MR) is 51.9 cm³/mol. The van der Waals surface area contributed by atoms with Crippen molar-refractivity contribution in [2.24, 2.45) is 0 Å². The lowest BCUT2D eigenvalue weighted by Gasteiger charge is -2.03. The van der Waals surface area contributed by atoms with Gasteiger partial charge in [0.1, 0.15) is 5.75 Å². The van der Waals surface area contributed by atoms with Crippen molar-refractivity contribution in [1.82, 2.24) is 5.48 Å². The average Bonchev–Trinajstić information content (AvgIpc) is 2.19. The van der Waals surface area contributed by atoms with Crippen LogP contribution in [0.15, 0.2) is 36.9 Å². The van der Waals surface area contributed by atoms with E-state index in [2.05, 4.69) is 12.1 Å². The van der Waals surface area contributed by atoms with Gasteiger partial charge in [-0.1, -0.05) is 6.08 Å². The van der Waals surface area contributed by atoms with Gasteiger partial charge in [0.2, 0.25) is 0 Å². The SMILES string of the molecule is C=CCNOc1ccc([N+](=O)[O-])cc1. The number of hydroxylamine groups is 1. The van der Waals surface area contributed by atoms with Crippen LogP contribution in [0.1, 0.15) is 0 Å². The lowest BCUT2D eigenvalue weighted by molar-refractivity contribution is -0.384. The van der Waals surface area contributed by atoms with Crippen LogP contribution >= 0.6 is 0 Å². The van der Waals surface area contributed by atoms with Crippen molar-refractivity contribution >= 4 is 5.69 Å². The number of nitro benzene ring substituents is 1. The molecule has 14 heavy (non-hydrogen) atoms. The van der Waals surface area contributed by atoms with E-state index in [1.165, 1.54) is 24.3 Å². The third-order valence-electron chi connectivity index (χ3n) is 1.47. The van der Waals surface area contributed by atoms with E-state index in [0.717, 1.165) is 0 Å². The highest BCUT2D eigenvalue weighted by molar-refractivity contribution is 5.35. The molecular weight excluding hydrogens is 184 g/mol. The maximum Gasteiger partial charge on any atom is 0.269 e.